The highest BCUT2D eigenvalue weighted by Gasteiger charge is 2.47. The Labute approximate surface area is 119 Å². The maximum atomic E-state index is 12.3. The number of halogens is 1. The molecule has 0 spiro atoms. The SMILES string of the molecule is Cc1ccc(N2C(=O)NC(=O)C(C)(C)C2=O)cc1Br. The molecule has 1 heterocycles. The lowest BCUT2D eigenvalue weighted by Gasteiger charge is -2.34. The summed E-state index contributed by atoms with van der Waals surface area (Å²) in [6, 6.07) is 4.43. The van der Waals surface area contributed by atoms with Gasteiger partial charge in [0.05, 0.1) is 5.69 Å². The average Bonchev–Trinajstić information content (AvgIpc) is 2.32. The van der Waals surface area contributed by atoms with Gasteiger partial charge in [0.2, 0.25) is 11.8 Å². The molecule has 19 heavy (non-hydrogen) atoms. The minimum atomic E-state index is -1.26. The Balaban J connectivity index is 2.48. The number of anilines is 1. The Kier molecular flexibility index (Phi) is 3.22. The highest BCUT2D eigenvalue weighted by Crippen LogP contribution is 2.30. The molecule has 5 nitrogen and oxygen atoms in total. The Morgan fingerprint density at radius 1 is 1.21 bits per heavy atom. The van der Waals surface area contributed by atoms with Crippen molar-refractivity contribution in [1.29, 1.82) is 0 Å². The van der Waals surface area contributed by atoms with Crippen molar-refractivity contribution in [3.63, 3.8) is 0 Å². The van der Waals surface area contributed by atoms with Crippen molar-refractivity contribution in [1.82, 2.24) is 5.32 Å². The second-order valence-corrected chi connectivity index (χ2v) is 5.81. The molecule has 6 heteroatoms. The summed E-state index contributed by atoms with van der Waals surface area (Å²) in [6.07, 6.45) is 0. The minimum absolute atomic E-state index is 0.431. The second-order valence-electron chi connectivity index (χ2n) is 4.96. The number of hydrogen-bond acceptors (Lipinski definition) is 3. The van der Waals surface area contributed by atoms with Gasteiger partial charge in [-0.25, -0.2) is 9.69 Å². The van der Waals surface area contributed by atoms with Crippen LogP contribution in [0.25, 0.3) is 0 Å². The van der Waals surface area contributed by atoms with Crippen molar-refractivity contribution in [3.05, 3.63) is 28.2 Å². The van der Waals surface area contributed by atoms with E-state index in [0.29, 0.717) is 5.69 Å². The summed E-state index contributed by atoms with van der Waals surface area (Å²) in [6.45, 7) is 4.89. The van der Waals surface area contributed by atoms with Gasteiger partial charge < -0.3 is 0 Å². The third-order valence-corrected chi connectivity index (χ3v) is 4.00. The van der Waals surface area contributed by atoms with Gasteiger partial charge in [-0.1, -0.05) is 22.0 Å². The number of amides is 4. The Bertz CT molecular complexity index is 596. The average molecular weight is 325 g/mol. The number of carbonyl (C=O) groups excluding carboxylic acids is 3. The van der Waals surface area contributed by atoms with E-state index >= 15 is 0 Å². The standard InChI is InChI=1S/C13H13BrN2O3/c1-7-4-5-8(6-9(7)14)16-11(18)13(2,3)10(17)15-12(16)19/h4-6H,1-3H3,(H,15,17,19). The zero-order valence-corrected chi connectivity index (χ0v) is 12.4. The minimum Gasteiger partial charge on any atom is -0.276 e. The van der Waals surface area contributed by atoms with Crippen LogP contribution in [-0.2, 0) is 9.59 Å². The third-order valence-electron chi connectivity index (χ3n) is 3.14. The van der Waals surface area contributed by atoms with Gasteiger partial charge >= 0.3 is 6.03 Å². The molecule has 1 aliphatic rings. The summed E-state index contributed by atoms with van der Waals surface area (Å²) < 4.78 is 0.792. The normalized spacial score (nSPS) is 18.5. The number of nitrogens with one attached hydrogen (secondary N) is 1. The van der Waals surface area contributed by atoms with E-state index in [-0.39, 0.29) is 0 Å². The van der Waals surface area contributed by atoms with E-state index in [9.17, 15) is 14.4 Å². The molecule has 0 bridgehead atoms. The van der Waals surface area contributed by atoms with Gasteiger partial charge in [0.15, 0.2) is 0 Å². The van der Waals surface area contributed by atoms with Gasteiger partial charge in [0, 0.05) is 4.47 Å². The molecule has 1 aliphatic heterocycles. The number of rotatable bonds is 1. The first-order chi connectivity index (χ1) is 8.75. The molecule has 0 aliphatic carbocycles. The maximum Gasteiger partial charge on any atom is 0.335 e. The van der Waals surface area contributed by atoms with Crippen molar-refractivity contribution < 1.29 is 14.4 Å². The second kappa shape index (κ2) is 4.45. The molecular formula is C13H13BrN2O3. The molecule has 1 aromatic rings. The largest absolute Gasteiger partial charge is 0.335 e. The molecule has 0 atom stereocenters. The van der Waals surface area contributed by atoms with Crippen LogP contribution in [0.4, 0.5) is 10.5 Å². The molecule has 1 N–H and O–H groups in total. The van der Waals surface area contributed by atoms with Crippen LogP contribution in [0, 0.1) is 12.3 Å². The number of urea groups is 1. The number of carbonyl (C=O) groups is 3. The highest BCUT2D eigenvalue weighted by molar-refractivity contribution is 9.10. The van der Waals surface area contributed by atoms with Crippen LogP contribution in [0.3, 0.4) is 0 Å². The smallest absolute Gasteiger partial charge is 0.276 e. The molecule has 0 aromatic heterocycles. The summed E-state index contributed by atoms with van der Waals surface area (Å²) in [5, 5.41) is 2.19. The van der Waals surface area contributed by atoms with Crippen LogP contribution in [0.15, 0.2) is 22.7 Å². The fraction of sp³-hybridized carbons (Fsp3) is 0.308. The molecule has 2 rings (SSSR count). The summed E-state index contributed by atoms with van der Waals surface area (Å²) in [5.74, 6) is -1.11. The van der Waals surface area contributed by atoms with Crippen molar-refractivity contribution >= 4 is 39.5 Å². The fourth-order valence-electron chi connectivity index (χ4n) is 1.73. The van der Waals surface area contributed by atoms with Crippen LogP contribution >= 0.6 is 15.9 Å². The highest BCUT2D eigenvalue weighted by atomic mass is 79.9. The van der Waals surface area contributed by atoms with E-state index in [1.54, 1.807) is 18.2 Å². The number of imide groups is 2. The lowest BCUT2D eigenvalue weighted by molar-refractivity contribution is -0.140. The predicted molar refractivity (Wildman–Crippen MR) is 73.7 cm³/mol. The zero-order chi connectivity index (χ0) is 14.4. The lowest BCUT2D eigenvalue weighted by atomic mass is 9.88. The van der Waals surface area contributed by atoms with E-state index in [4.69, 9.17) is 0 Å². The quantitative estimate of drug-likeness (QED) is 0.806. The van der Waals surface area contributed by atoms with Crippen LogP contribution in [0.5, 0.6) is 0 Å². The summed E-state index contributed by atoms with van der Waals surface area (Å²) in [4.78, 5) is 36.8. The molecule has 1 fully saturated rings. The van der Waals surface area contributed by atoms with Gasteiger partial charge in [-0.05, 0) is 38.5 Å². The Hall–Kier alpha value is -1.69. The molecule has 100 valence electrons. The Morgan fingerprint density at radius 2 is 1.84 bits per heavy atom. The molecule has 1 aromatic carbocycles. The van der Waals surface area contributed by atoms with Crippen molar-refractivity contribution in [2.24, 2.45) is 5.41 Å². The van der Waals surface area contributed by atoms with Crippen molar-refractivity contribution in [2.45, 2.75) is 20.8 Å². The Morgan fingerprint density at radius 3 is 2.42 bits per heavy atom. The molecule has 4 amide bonds. The first-order valence-corrected chi connectivity index (χ1v) is 6.50. The van der Waals surface area contributed by atoms with E-state index in [0.717, 1.165) is 14.9 Å². The van der Waals surface area contributed by atoms with Gasteiger partial charge in [-0.15, -0.1) is 0 Å². The molecule has 0 saturated carbocycles. The van der Waals surface area contributed by atoms with E-state index in [1.165, 1.54) is 13.8 Å². The van der Waals surface area contributed by atoms with Gasteiger partial charge in [0.25, 0.3) is 0 Å². The maximum absolute atomic E-state index is 12.3. The molecule has 0 radical (unpaired) electrons. The van der Waals surface area contributed by atoms with E-state index in [1.807, 2.05) is 6.92 Å². The van der Waals surface area contributed by atoms with Crippen molar-refractivity contribution in [2.75, 3.05) is 4.90 Å². The van der Waals surface area contributed by atoms with Crippen LogP contribution in [0.1, 0.15) is 19.4 Å². The monoisotopic (exact) mass is 324 g/mol. The third kappa shape index (κ3) is 2.16. The van der Waals surface area contributed by atoms with E-state index < -0.39 is 23.3 Å². The van der Waals surface area contributed by atoms with Gasteiger partial charge in [-0.2, -0.15) is 0 Å². The molecular weight excluding hydrogens is 312 g/mol. The predicted octanol–water partition coefficient (Wildman–Crippen LogP) is 2.37. The summed E-state index contributed by atoms with van der Waals surface area (Å²) in [5.41, 5.74) is 0.162. The van der Waals surface area contributed by atoms with Crippen LogP contribution in [-0.4, -0.2) is 17.8 Å². The topological polar surface area (TPSA) is 66.5 Å². The van der Waals surface area contributed by atoms with Crippen LogP contribution < -0.4 is 10.2 Å². The first-order valence-electron chi connectivity index (χ1n) is 5.71. The number of hydrogen-bond donors (Lipinski definition) is 1. The van der Waals surface area contributed by atoms with E-state index in [2.05, 4.69) is 21.2 Å². The van der Waals surface area contributed by atoms with Crippen LogP contribution in [0.2, 0.25) is 0 Å². The number of benzene rings is 1. The number of barbiturate groups is 1. The lowest BCUT2D eigenvalue weighted by Crippen LogP contribution is -2.62. The fourth-order valence-corrected chi connectivity index (χ4v) is 2.10. The number of aryl methyl sites for hydroxylation is 1. The van der Waals surface area contributed by atoms with Gasteiger partial charge in [0.1, 0.15) is 5.41 Å². The molecule has 0 unspecified atom stereocenters. The number of nitrogens with zero attached hydrogens (tertiary/aromatic N) is 1. The van der Waals surface area contributed by atoms with Crippen molar-refractivity contribution in [3.8, 4) is 0 Å². The zero-order valence-electron chi connectivity index (χ0n) is 10.8. The molecule has 1 saturated heterocycles. The summed E-state index contributed by atoms with van der Waals surface area (Å²) in [7, 11) is 0. The summed E-state index contributed by atoms with van der Waals surface area (Å²) >= 11 is 3.36. The van der Waals surface area contributed by atoms with Gasteiger partial charge in [-0.3, -0.25) is 14.9 Å². The first kappa shape index (κ1) is 13.7.